The van der Waals surface area contributed by atoms with E-state index in [2.05, 4.69) is 20.3 Å². The molecule has 0 spiro atoms. The van der Waals surface area contributed by atoms with Gasteiger partial charge in [-0.2, -0.15) is 26.3 Å². The SMILES string of the molecule is CC(C)Oc1nc(C(F)(F)F)ccc1CNC(=O)Nc1ccc(CNS(N)(=O)=O)cc1. The second-order valence-corrected chi connectivity index (χ2v) is 8.07. The zero-order valence-corrected chi connectivity index (χ0v) is 17.5. The summed E-state index contributed by atoms with van der Waals surface area (Å²) >= 11 is 0. The Labute approximate surface area is 177 Å². The van der Waals surface area contributed by atoms with Gasteiger partial charge in [0.2, 0.25) is 5.88 Å². The Hall–Kier alpha value is -2.90. The van der Waals surface area contributed by atoms with E-state index < -0.39 is 34.2 Å². The molecule has 0 atom stereocenters. The number of hydrogen-bond donors (Lipinski definition) is 4. The molecule has 1 aromatic heterocycles. The highest BCUT2D eigenvalue weighted by molar-refractivity contribution is 7.87. The van der Waals surface area contributed by atoms with Crippen molar-refractivity contribution in [2.45, 2.75) is 39.2 Å². The summed E-state index contributed by atoms with van der Waals surface area (Å²) in [5.41, 5.74) is 0.224. The molecule has 0 aliphatic heterocycles. The van der Waals surface area contributed by atoms with Gasteiger partial charge in [0.15, 0.2) is 0 Å². The van der Waals surface area contributed by atoms with Crippen LogP contribution in [0.1, 0.15) is 30.7 Å². The Kier molecular flexibility index (Phi) is 7.81. The third-order valence-corrected chi connectivity index (χ3v) is 4.25. The van der Waals surface area contributed by atoms with Crippen molar-refractivity contribution in [1.82, 2.24) is 15.0 Å². The molecule has 0 saturated carbocycles. The summed E-state index contributed by atoms with van der Waals surface area (Å²) in [6.45, 7) is 3.17. The highest BCUT2D eigenvalue weighted by Crippen LogP contribution is 2.30. The number of alkyl halides is 3. The maximum absolute atomic E-state index is 12.9. The molecule has 170 valence electrons. The molecule has 2 rings (SSSR count). The first-order valence-electron chi connectivity index (χ1n) is 8.98. The normalized spacial score (nSPS) is 12.0. The smallest absolute Gasteiger partial charge is 0.433 e. The molecule has 0 aliphatic rings. The van der Waals surface area contributed by atoms with Crippen LogP contribution < -0.4 is 25.2 Å². The number of rotatable bonds is 8. The number of urea groups is 1. The monoisotopic (exact) mass is 461 g/mol. The number of ether oxygens (including phenoxy) is 1. The summed E-state index contributed by atoms with van der Waals surface area (Å²) in [6, 6.07) is 7.67. The summed E-state index contributed by atoms with van der Waals surface area (Å²) in [7, 11) is -3.81. The lowest BCUT2D eigenvalue weighted by Crippen LogP contribution is -2.30. The molecule has 5 N–H and O–H groups in total. The predicted octanol–water partition coefficient (Wildman–Crippen LogP) is 2.50. The van der Waals surface area contributed by atoms with Crippen LogP contribution in [0, 0.1) is 0 Å². The van der Waals surface area contributed by atoms with Crippen molar-refractivity contribution in [3.63, 3.8) is 0 Å². The van der Waals surface area contributed by atoms with Gasteiger partial charge in [-0.3, -0.25) is 0 Å². The number of carbonyl (C=O) groups is 1. The number of benzene rings is 1. The fourth-order valence-corrected chi connectivity index (χ4v) is 2.70. The standard InChI is InChI=1S/C18H22F3N5O4S/c1-11(2)30-16-13(5-8-15(26-16)18(19,20)21)10-23-17(27)25-14-6-3-12(4-7-14)9-24-31(22,28)29/h3-8,11,24H,9-10H2,1-2H3,(H2,22,28,29)(H2,23,25,27). The summed E-state index contributed by atoms with van der Waals surface area (Å²) < 4.78 is 67.9. The number of nitrogens with zero attached hydrogens (tertiary/aromatic N) is 1. The van der Waals surface area contributed by atoms with Crippen LogP contribution >= 0.6 is 0 Å². The van der Waals surface area contributed by atoms with E-state index in [0.29, 0.717) is 11.3 Å². The van der Waals surface area contributed by atoms with E-state index in [9.17, 15) is 26.4 Å². The van der Waals surface area contributed by atoms with Gasteiger partial charge in [-0.15, -0.1) is 0 Å². The largest absolute Gasteiger partial charge is 0.475 e. The van der Waals surface area contributed by atoms with Gasteiger partial charge in [0.05, 0.1) is 6.10 Å². The number of nitrogens with two attached hydrogens (primary N) is 1. The highest BCUT2D eigenvalue weighted by Gasteiger charge is 2.33. The maximum Gasteiger partial charge on any atom is 0.433 e. The predicted molar refractivity (Wildman–Crippen MR) is 107 cm³/mol. The molecule has 2 aromatic rings. The lowest BCUT2D eigenvalue weighted by molar-refractivity contribution is -0.141. The van der Waals surface area contributed by atoms with Crippen LogP contribution in [0.4, 0.5) is 23.7 Å². The Morgan fingerprint density at radius 2 is 1.77 bits per heavy atom. The summed E-state index contributed by atoms with van der Waals surface area (Å²) in [6.07, 6.45) is -5.03. The van der Waals surface area contributed by atoms with E-state index in [1.807, 2.05) is 0 Å². The Bertz CT molecular complexity index is 1010. The fourth-order valence-electron chi connectivity index (χ4n) is 2.33. The number of anilines is 1. The first-order chi connectivity index (χ1) is 14.3. The van der Waals surface area contributed by atoms with Gasteiger partial charge in [0, 0.05) is 24.3 Å². The molecule has 1 heterocycles. The first kappa shape index (κ1) is 24.4. The molecule has 0 bridgehead atoms. The quantitative estimate of drug-likeness (QED) is 0.479. The molecule has 0 radical (unpaired) electrons. The van der Waals surface area contributed by atoms with Crippen molar-refractivity contribution >= 4 is 21.9 Å². The lowest BCUT2D eigenvalue weighted by atomic mass is 10.2. The van der Waals surface area contributed by atoms with E-state index in [4.69, 9.17) is 9.88 Å². The van der Waals surface area contributed by atoms with Crippen molar-refractivity contribution in [3.8, 4) is 5.88 Å². The molecular formula is C18H22F3N5O4S. The van der Waals surface area contributed by atoms with E-state index >= 15 is 0 Å². The van der Waals surface area contributed by atoms with Gasteiger partial charge in [-0.1, -0.05) is 12.1 Å². The molecular weight excluding hydrogens is 439 g/mol. The topological polar surface area (TPSA) is 135 Å². The molecule has 9 nitrogen and oxygen atoms in total. The summed E-state index contributed by atoms with van der Waals surface area (Å²) in [5, 5.41) is 9.93. The van der Waals surface area contributed by atoms with E-state index in [-0.39, 0.29) is 24.5 Å². The van der Waals surface area contributed by atoms with E-state index in [0.717, 1.165) is 6.07 Å². The number of nitrogens with one attached hydrogen (secondary N) is 3. The van der Waals surface area contributed by atoms with E-state index in [1.54, 1.807) is 38.1 Å². The van der Waals surface area contributed by atoms with Crippen LogP contribution in [-0.2, 0) is 29.5 Å². The van der Waals surface area contributed by atoms with Gasteiger partial charge < -0.3 is 15.4 Å². The third-order valence-electron chi connectivity index (χ3n) is 3.71. The maximum atomic E-state index is 12.9. The van der Waals surface area contributed by atoms with Crippen LogP contribution in [0.3, 0.4) is 0 Å². The van der Waals surface area contributed by atoms with Crippen molar-refractivity contribution in [2.24, 2.45) is 5.14 Å². The minimum atomic E-state index is -4.62. The lowest BCUT2D eigenvalue weighted by Gasteiger charge is -2.16. The zero-order valence-electron chi connectivity index (χ0n) is 16.7. The highest BCUT2D eigenvalue weighted by atomic mass is 32.2. The molecule has 0 saturated heterocycles. The molecule has 0 fully saturated rings. The number of carbonyl (C=O) groups excluding carboxylic acids is 1. The second-order valence-electron chi connectivity index (χ2n) is 6.70. The zero-order chi connectivity index (χ0) is 23.2. The molecule has 1 aromatic carbocycles. The molecule has 2 amide bonds. The van der Waals surface area contributed by atoms with Gasteiger partial charge in [-0.25, -0.2) is 14.9 Å². The Morgan fingerprint density at radius 3 is 2.32 bits per heavy atom. The fraction of sp³-hybridized carbons (Fsp3) is 0.333. The number of aromatic nitrogens is 1. The number of halogens is 3. The number of pyridine rings is 1. The van der Waals surface area contributed by atoms with Crippen molar-refractivity contribution < 1.29 is 31.1 Å². The van der Waals surface area contributed by atoms with Gasteiger partial charge in [0.1, 0.15) is 5.69 Å². The Morgan fingerprint density at radius 1 is 1.13 bits per heavy atom. The number of amides is 2. The van der Waals surface area contributed by atoms with Crippen molar-refractivity contribution in [3.05, 3.63) is 53.2 Å². The average Bonchev–Trinajstić information content (AvgIpc) is 2.64. The minimum Gasteiger partial charge on any atom is -0.475 e. The van der Waals surface area contributed by atoms with Gasteiger partial charge >= 0.3 is 12.2 Å². The molecule has 13 heteroatoms. The van der Waals surface area contributed by atoms with Gasteiger partial charge in [-0.05, 0) is 43.7 Å². The molecule has 0 unspecified atom stereocenters. The van der Waals surface area contributed by atoms with Crippen LogP contribution in [0.15, 0.2) is 36.4 Å². The van der Waals surface area contributed by atoms with Crippen LogP contribution in [0.25, 0.3) is 0 Å². The van der Waals surface area contributed by atoms with Crippen LogP contribution in [0.2, 0.25) is 0 Å². The van der Waals surface area contributed by atoms with Crippen LogP contribution in [-0.4, -0.2) is 25.5 Å². The Balaban J connectivity index is 1.99. The molecule has 31 heavy (non-hydrogen) atoms. The minimum absolute atomic E-state index is 0.00907. The molecule has 0 aliphatic carbocycles. The van der Waals surface area contributed by atoms with Crippen molar-refractivity contribution in [1.29, 1.82) is 0 Å². The summed E-state index contributed by atoms with van der Waals surface area (Å²) in [4.78, 5) is 15.6. The summed E-state index contributed by atoms with van der Waals surface area (Å²) in [5.74, 6) is -0.211. The second kappa shape index (κ2) is 9.94. The van der Waals surface area contributed by atoms with Gasteiger partial charge in [0.25, 0.3) is 10.2 Å². The first-order valence-corrected chi connectivity index (χ1v) is 10.5. The average molecular weight is 461 g/mol. The van der Waals surface area contributed by atoms with Crippen molar-refractivity contribution in [2.75, 3.05) is 5.32 Å². The third kappa shape index (κ3) is 8.39. The number of hydrogen-bond acceptors (Lipinski definition) is 5. The van der Waals surface area contributed by atoms with E-state index in [1.165, 1.54) is 6.07 Å². The van der Waals surface area contributed by atoms with Crippen LogP contribution in [0.5, 0.6) is 5.88 Å².